The third-order valence-corrected chi connectivity index (χ3v) is 9.93. The number of hydrogen-bond donors (Lipinski definition) is 0. The zero-order valence-electron chi connectivity index (χ0n) is 24.6. The first kappa shape index (κ1) is 28.0. The maximum atomic E-state index is 13.3. The molecule has 0 radical (unpaired) electrons. The van der Waals surface area contributed by atoms with Crippen LogP contribution in [0.15, 0.2) is 54.7 Å². The molecule has 0 spiro atoms. The molecule has 2 heterocycles. The number of carbonyl (C=O) groups excluding carboxylic acids is 2. The van der Waals surface area contributed by atoms with E-state index in [1.54, 1.807) is 0 Å². The van der Waals surface area contributed by atoms with Gasteiger partial charge in [-0.15, -0.1) is 0 Å². The van der Waals surface area contributed by atoms with Crippen molar-refractivity contribution in [1.29, 1.82) is 0 Å². The molecular formula is C35H45N3O3. The lowest BCUT2D eigenvalue weighted by Gasteiger charge is -2.30. The zero-order valence-corrected chi connectivity index (χ0v) is 24.6. The average molecular weight is 556 g/mol. The van der Waals surface area contributed by atoms with Crippen LogP contribution in [0.5, 0.6) is 0 Å². The summed E-state index contributed by atoms with van der Waals surface area (Å²) in [4.78, 5) is 30.0. The predicted octanol–water partition coefficient (Wildman–Crippen LogP) is 7.02. The fourth-order valence-corrected chi connectivity index (χ4v) is 7.35. The van der Waals surface area contributed by atoms with Crippen LogP contribution >= 0.6 is 0 Å². The average Bonchev–Trinajstić information content (AvgIpc) is 3.40. The van der Waals surface area contributed by atoms with Crippen molar-refractivity contribution in [2.24, 2.45) is 11.8 Å². The van der Waals surface area contributed by atoms with Crippen LogP contribution in [0.4, 0.5) is 5.69 Å². The number of morpholine rings is 1. The second-order valence-corrected chi connectivity index (χ2v) is 12.6. The Balaban J connectivity index is 1.05. The molecule has 0 atom stereocenters. The molecule has 6 heteroatoms. The summed E-state index contributed by atoms with van der Waals surface area (Å²) in [7, 11) is 1.93. The summed E-state index contributed by atoms with van der Waals surface area (Å²) >= 11 is 0. The van der Waals surface area contributed by atoms with E-state index >= 15 is 0 Å². The van der Waals surface area contributed by atoms with Gasteiger partial charge in [0.15, 0.2) is 0 Å². The summed E-state index contributed by atoms with van der Waals surface area (Å²) in [5.41, 5.74) is 4.37. The van der Waals surface area contributed by atoms with Crippen molar-refractivity contribution in [3.63, 3.8) is 0 Å². The van der Waals surface area contributed by atoms with E-state index in [1.807, 2.05) is 22.9 Å². The van der Waals surface area contributed by atoms with Gasteiger partial charge in [-0.25, -0.2) is 0 Å². The number of carbonyl (C=O) groups is 2. The number of ether oxygens (including phenoxy) is 1. The third kappa shape index (κ3) is 6.38. The first-order valence-corrected chi connectivity index (χ1v) is 15.9. The van der Waals surface area contributed by atoms with Crippen LogP contribution in [-0.4, -0.2) is 54.6 Å². The Hall–Kier alpha value is -3.12. The summed E-state index contributed by atoms with van der Waals surface area (Å²) in [6.07, 6.45) is 13.8. The molecule has 6 rings (SSSR count). The summed E-state index contributed by atoms with van der Waals surface area (Å²) in [5, 5.41) is 1.06. The number of aromatic nitrogens is 1. The van der Waals surface area contributed by atoms with Crippen LogP contribution in [0.2, 0.25) is 0 Å². The SMILES string of the molecule is CN(C(=O)CC1CCCCC1)c1ccc(C2CCC(Cn3cc(C(=O)N4CCOCC4)c4ccccc43)CC2)cc1. The molecule has 0 unspecified atom stereocenters. The Labute approximate surface area is 244 Å². The fraction of sp³-hybridized carbons (Fsp3) is 0.543. The summed E-state index contributed by atoms with van der Waals surface area (Å²) in [5.74, 6) is 2.11. The van der Waals surface area contributed by atoms with Gasteiger partial charge in [-0.1, -0.05) is 49.6 Å². The summed E-state index contributed by atoms with van der Waals surface area (Å²) in [6, 6.07) is 17.1. The minimum Gasteiger partial charge on any atom is -0.378 e. The molecule has 0 bridgehead atoms. The number of fused-ring (bicyclic) bond motifs is 1. The number of hydrogen-bond acceptors (Lipinski definition) is 3. The molecule has 2 aliphatic carbocycles. The maximum Gasteiger partial charge on any atom is 0.256 e. The van der Waals surface area contributed by atoms with Gasteiger partial charge in [-0.3, -0.25) is 9.59 Å². The van der Waals surface area contributed by atoms with E-state index in [0.29, 0.717) is 50.5 Å². The van der Waals surface area contributed by atoms with Gasteiger partial charge in [0.25, 0.3) is 5.91 Å². The van der Waals surface area contributed by atoms with Crippen LogP contribution in [0.3, 0.4) is 0 Å². The molecule has 2 amide bonds. The van der Waals surface area contributed by atoms with Crippen LogP contribution in [-0.2, 0) is 16.1 Å². The first-order valence-electron chi connectivity index (χ1n) is 15.9. The normalized spacial score (nSPS) is 22.1. The first-order chi connectivity index (χ1) is 20.1. The molecule has 3 aromatic rings. The van der Waals surface area contributed by atoms with E-state index in [9.17, 15) is 9.59 Å². The number of amides is 2. The monoisotopic (exact) mass is 555 g/mol. The number of benzene rings is 2. The maximum absolute atomic E-state index is 13.3. The van der Waals surface area contributed by atoms with Gasteiger partial charge in [0.2, 0.25) is 5.91 Å². The van der Waals surface area contributed by atoms with Gasteiger partial charge in [-0.05, 0) is 80.0 Å². The van der Waals surface area contributed by atoms with Crippen molar-refractivity contribution < 1.29 is 14.3 Å². The zero-order chi connectivity index (χ0) is 28.2. The molecule has 1 aromatic heterocycles. The lowest BCUT2D eigenvalue weighted by Crippen LogP contribution is -2.40. The van der Waals surface area contributed by atoms with Crippen LogP contribution in [0.1, 0.15) is 86.0 Å². The molecule has 3 aliphatic rings. The van der Waals surface area contributed by atoms with Crippen molar-refractivity contribution in [3.8, 4) is 0 Å². The van der Waals surface area contributed by atoms with Gasteiger partial charge < -0.3 is 19.1 Å². The van der Waals surface area contributed by atoms with Crippen molar-refractivity contribution in [1.82, 2.24) is 9.47 Å². The summed E-state index contributed by atoms with van der Waals surface area (Å²) < 4.78 is 7.78. The number of nitrogens with zero attached hydrogens (tertiary/aromatic N) is 3. The molecule has 3 fully saturated rings. The van der Waals surface area contributed by atoms with Crippen molar-refractivity contribution in [3.05, 3.63) is 65.9 Å². The molecule has 2 saturated carbocycles. The standard InChI is InChI=1S/C35H45N3O3/c1-36(34(39)23-26-7-3-2-4-8-26)30-17-15-29(16-18-30)28-13-11-27(12-14-28)24-38-25-32(31-9-5-6-10-33(31)38)35(40)37-19-21-41-22-20-37/h5-6,9-10,15-18,25-28H,2-4,7-8,11-14,19-24H2,1H3. The Morgan fingerprint density at radius 1 is 0.854 bits per heavy atom. The topological polar surface area (TPSA) is 54.8 Å². The molecule has 1 saturated heterocycles. The van der Waals surface area contributed by atoms with Gasteiger partial charge >= 0.3 is 0 Å². The Kier molecular flexibility index (Phi) is 8.75. The molecular weight excluding hydrogens is 510 g/mol. The number of rotatable bonds is 7. The third-order valence-electron chi connectivity index (χ3n) is 9.93. The van der Waals surface area contributed by atoms with Crippen LogP contribution in [0.25, 0.3) is 10.9 Å². The lowest BCUT2D eigenvalue weighted by atomic mass is 9.78. The second-order valence-electron chi connectivity index (χ2n) is 12.6. The number of anilines is 1. The number of para-hydroxylation sites is 1. The van der Waals surface area contributed by atoms with E-state index in [4.69, 9.17) is 4.74 Å². The molecule has 0 N–H and O–H groups in total. The highest BCUT2D eigenvalue weighted by atomic mass is 16.5. The molecule has 1 aliphatic heterocycles. The quantitative estimate of drug-likeness (QED) is 0.315. The largest absolute Gasteiger partial charge is 0.378 e. The lowest BCUT2D eigenvalue weighted by molar-refractivity contribution is -0.119. The molecule has 218 valence electrons. The molecule has 6 nitrogen and oxygen atoms in total. The summed E-state index contributed by atoms with van der Waals surface area (Å²) in [6.45, 7) is 3.51. The van der Waals surface area contributed by atoms with Crippen molar-refractivity contribution >= 4 is 28.4 Å². The van der Waals surface area contributed by atoms with E-state index in [0.717, 1.165) is 28.7 Å². The Morgan fingerprint density at radius 2 is 1.56 bits per heavy atom. The fourth-order valence-electron chi connectivity index (χ4n) is 7.35. The minimum atomic E-state index is 0.122. The minimum absolute atomic E-state index is 0.122. The van der Waals surface area contributed by atoms with E-state index in [1.165, 1.54) is 63.4 Å². The van der Waals surface area contributed by atoms with Crippen molar-refractivity contribution in [2.75, 3.05) is 38.3 Å². The predicted molar refractivity (Wildman–Crippen MR) is 164 cm³/mol. The Morgan fingerprint density at radius 3 is 2.29 bits per heavy atom. The van der Waals surface area contributed by atoms with E-state index in [2.05, 4.69) is 53.2 Å². The van der Waals surface area contributed by atoms with E-state index in [-0.39, 0.29) is 11.8 Å². The van der Waals surface area contributed by atoms with E-state index < -0.39 is 0 Å². The van der Waals surface area contributed by atoms with Crippen LogP contribution < -0.4 is 4.90 Å². The smallest absolute Gasteiger partial charge is 0.256 e. The highest BCUT2D eigenvalue weighted by molar-refractivity contribution is 6.07. The van der Waals surface area contributed by atoms with Gasteiger partial charge in [-0.2, -0.15) is 0 Å². The second kappa shape index (κ2) is 12.8. The molecule has 41 heavy (non-hydrogen) atoms. The highest BCUT2D eigenvalue weighted by Crippen LogP contribution is 2.38. The van der Waals surface area contributed by atoms with Crippen LogP contribution in [0, 0.1) is 11.8 Å². The van der Waals surface area contributed by atoms with Crippen molar-refractivity contribution in [2.45, 2.75) is 76.7 Å². The van der Waals surface area contributed by atoms with Gasteiger partial charge in [0.05, 0.1) is 18.8 Å². The molecule has 2 aromatic carbocycles. The highest BCUT2D eigenvalue weighted by Gasteiger charge is 2.26. The van der Waals surface area contributed by atoms with Gasteiger partial charge in [0, 0.05) is 55.9 Å². The van der Waals surface area contributed by atoms with Gasteiger partial charge in [0.1, 0.15) is 0 Å². The Bertz CT molecular complexity index is 1330.